The van der Waals surface area contributed by atoms with Gasteiger partial charge in [-0.05, 0) is 47.6 Å². The van der Waals surface area contributed by atoms with Gasteiger partial charge in [0.1, 0.15) is 5.75 Å². The van der Waals surface area contributed by atoms with Crippen LogP contribution in [0.5, 0.6) is 5.75 Å². The molecule has 0 aliphatic carbocycles. The highest BCUT2D eigenvalue weighted by Crippen LogP contribution is 2.21. The Hall–Kier alpha value is -0.580. The van der Waals surface area contributed by atoms with E-state index in [2.05, 4.69) is 22.6 Å². The van der Waals surface area contributed by atoms with Crippen LogP contribution in [-0.4, -0.2) is 5.97 Å². The number of ether oxygens (including phenoxy) is 1. The average molecular weight is 318 g/mol. The molecule has 1 rings (SSSR count). The molecule has 0 saturated carbocycles. The fourth-order valence-corrected chi connectivity index (χ4v) is 1.84. The summed E-state index contributed by atoms with van der Waals surface area (Å²) in [5.74, 6) is 0.556. The predicted molar refractivity (Wildman–Crippen MR) is 68.9 cm³/mol. The van der Waals surface area contributed by atoms with Gasteiger partial charge in [-0.1, -0.05) is 26.0 Å². The quantitative estimate of drug-likeness (QED) is 0.481. The molecule has 0 atom stereocenters. The zero-order chi connectivity index (χ0) is 11.3. The van der Waals surface area contributed by atoms with E-state index >= 15 is 0 Å². The molecule has 2 nitrogen and oxygen atoms in total. The Morgan fingerprint density at radius 1 is 1.33 bits per heavy atom. The molecule has 0 amide bonds. The van der Waals surface area contributed by atoms with Crippen LogP contribution in [0, 0.1) is 9.49 Å². The van der Waals surface area contributed by atoms with Crippen LogP contribution in [0.3, 0.4) is 0 Å². The zero-order valence-electron chi connectivity index (χ0n) is 9.00. The standard InChI is InChI=1S/C12H15IO2/c1-3-9(4-2)12(14)15-11-8-6-5-7-10(11)13/h5-9H,3-4H2,1-2H3. The van der Waals surface area contributed by atoms with E-state index in [0.29, 0.717) is 5.75 Å². The van der Waals surface area contributed by atoms with Crippen molar-refractivity contribution in [3.63, 3.8) is 0 Å². The van der Waals surface area contributed by atoms with Gasteiger partial charge in [0.05, 0.1) is 9.49 Å². The van der Waals surface area contributed by atoms with E-state index in [4.69, 9.17) is 4.74 Å². The minimum atomic E-state index is -0.121. The summed E-state index contributed by atoms with van der Waals surface area (Å²) in [6.45, 7) is 4.01. The van der Waals surface area contributed by atoms with Crippen molar-refractivity contribution in [2.24, 2.45) is 5.92 Å². The third-order valence-electron chi connectivity index (χ3n) is 2.37. The third-order valence-corrected chi connectivity index (χ3v) is 3.26. The molecular weight excluding hydrogens is 303 g/mol. The lowest BCUT2D eigenvalue weighted by Gasteiger charge is -2.12. The fraction of sp³-hybridized carbons (Fsp3) is 0.417. The molecule has 0 aliphatic heterocycles. The Bertz CT molecular complexity index is 332. The Labute approximate surface area is 104 Å². The summed E-state index contributed by atoms with van der Waals surface area (Å²) < 4.78 is 6.31. The summed E-state index contributed by atoms with van der Waals surface area (Å²) in [6, 6.07) is 7.55. The van der Waals surface area contributed by atoms with E-state index in [1.807, 2.05) is 38.1 Å². The van der Waals surface area contributed by atoms with E-state index in [0.717, 1.165) is 16.4 Å². The van der Waals surface area contributed by atoms with Crippen LogP contribution in [-0.2, 0) is 4.79 Å². The Morgan fingerprint density at radius 3 is 2.47 bits per heavy atom. The van der Waals surface area contributed by atoms with Gasteiger partial charge in [0, 0.05) is 0 Å². The van der Waals surface area contributed by atoms with Gasteiger partial charge in [-0.15, -0.1) is 0 Å². The van der Waals surface area contributed by atoms with Gasteiger partial charge in [-0.25, -0.2) is 0 Å². The SMILES string of the molecule is CCC(CC)C(=O)Oc1ccccc1I. The van der Waals surface area contributed by atoms with E-state index in [1.54, 1.807) is 0 Å². The molecule has 0 saturated heterocycles. The Balaban J connectivity index is 2.70. The second kappa shape index (κ2) is 6.10. The fourth-order valence-electron chi connectivity index (χ4n) is 1.34. The molecule has 0 spiro atoms. The molecule has 0 fully saturated rings. The van der Waals surface area contributed by atoms with Crippen molar-refractivity contribution in [1.82, 2.24) is 0 Å². The van der Waals surface area contributed by atoms with Crippen molar-refractivity contribution in [3.8, 4) is 5.75 Å². The Morgan fingerprint density at radius 2 is 1.93 bits per heavy atom. The first-order valence-electron chi connectivity index (χ1n) is 5.15. The molecule has 0 unspecified atom stereocenters. The molecule has 1 aromatic rings. The number of esters is 1. The maximum atomic E-state index is 11.7. The highest BCUT2D eigenvalue weighted by atomic mass is 127. The van der Waals surface area contributed by atoms with Gasteiger partial charge in [-0.2, -0.15) is 0 Å². The minimum absolute atomic E-state index is 0.0148. The second-order valence-electron chi connectivity index (χ2n) is 3.36. The predicted octanol–water partition coefficient (Wildman–Crippen LogP) is 3.63. The summed E-state index contributed by atoms with van der Waals surface area (Å²) in [5, 5.41) is 0. The highest BCUT2D eigenvalue weighted by molar-refractivity contribution is 14.1. The number of hydrogen-bond acceptors (Lipinski definition) is 2. The van der Waals surface area contributed by atoms with E-state index in [9.17, 15) is 4.79 Å². The van der Waals surface area contributed by atoms with Gasteiger partial charge >= 0.3 is 5.97 Å². The molecule has 1 aromatic carbocycles. The summed E-state index contributed by atoms with van der Waals surface area (Å²) in [6.07, 6.45) is 1.66. The van der Waals surface area contributed by atoms with Crippen LogP contribution in [0.1, 0.15) is 26.7 Å². The first-order chi connectivity index (χ1) is 7.19. The topological polar surface area (TPSA) is 26.3 Å². The monoisotopic (exact) mass is 318 g/mol. The summed E-state index contributed by atoms with van der Waals surface area (Å²) in [4.78, 5) is 11.7. The number of rotatable bonds is 4. The molecule has 82 valence electrons. The third kappa shape index (κ3) is 3.48. The number of carbonyl (C=O) groups is 1. The first kappa shape index (κ1) is 12.5. The lowest BCUT2D eigenvalue weighted by molar-refractivity contribution is -0.139. The smallest absolute Gasteiger partial charge is 0.314 e. The van der Waals surface area contributed by atoms with Crippen LogP contribution in [0.2, 0.25) is 0 Å². The van der Waals surface area contributed by atoms with Gasteiger partial charge in [0.2, 0.25) is 0 Å². The molecule has 0 bridgehead atoms. The van der Waals surface area contributed by atoms with Crippen LogP contribution < -0.4 is 4.74 Å². The van der Waals surface area contributed by atoms with Crippen LogP contribution in [0.15, 0.2) is 24.3 Å². The molecule has 3 heteroatoms. The van der Waals surface area contributed by atoms with E-state index in [-0.39, 0.29) is 11.9 Å². The molecule has 0 N–H and O–H groups in total. The molecule has 0 aliphatic rings. The first-order valence-corrected chi connectivity index (χ1v) is 6.23. The van der Waals surface area contributed by atoms with Crippen LogP contribution >= 0.6 is 22.6 Å². The molecule has 0 aromatic heterocycles. The molecule has 0 heterocycles. The van der Waals surface area contributed by atoms with Gasteiger partial charge in [0.15, 0.2) is 0 Å². The lowest BCUT2D eigenvalue weighted by atomic mass is 10.0. The second-order valence-corrected chi connectivity index (χ2v) is 4.53. The Kier molecular flexibility index (Phi) is 5.08. The lowest BCUT2D eigenvalue weighted by Crippen LogP contribution is -2.19. The normalized spacial score (nSPS) is 10.4. The number of benzene rings is 1. The van der Waals surface area contributed by atoms with Crippen molar-refractivity contribution < 1.29 is 9.53 Å². The van der Waals surface area contributed by atoms with Crippen molar-refractivity contribution in [3.05, 3.63) is 27.8 Å². The average Bonchev–Trinajstić information content (AvgIpc) is 2.23. The zero-order valence-corrected chi connectivity index (χ0v) is 11.2. The van der Waals surface area contributed by atoms with Gasteiger partial charge < -0.3 is 4.74 Å². The summed E-state index contributed by atoms with van der Waals surface area (Å²) >= 11 is 2.16. The largest absolute Gasteiger partial charge is 0.425 e. The minimum Gasteiger partial charge on any atom is -0.425 e. The van der Waals surface area contributed by atoms with Crippen molar-refractivity contribution >= 4 is 28.6 Å². The highest BCUT2D eigenvalue weighted by Gasteiger charge is 2.17. The number of hydrogen-bond donors (Lipinski definition) is 0. The van der Waals surface area contributed by atoms with Crippen molar-refractivity contribution in [1.29, 1.82) is 0 Å². The maximum absolute atomic E-state index is 11.7. The number of halogens is 1. The van der Waals surface area contributed by atoms with Crippen molar-refractivity contribution in [2.45, 2.75) is 26.7 Å². The summed E-state index contributed by atoms with van der Waals surface area (Å²) in [5.41, 5.74) is 0. The van der Waals surface area contributed by atoms with Gasteiger partial charge in [-0.3, -0.25) is 4.79 Å². The maximum Gasteiger partial charge on any atom is 0.314 e. The number of carbonyl (C=O) groups excluding carboxylic acids is 1. The van der Waals surface area contributed by atoms with Gasteiger partial charge in [0.25, 0.3) is 0 Å². The van der Waals surface area contributed by atoms with Crippen LogP contribution in [0.4, 0.5) is 0 Å². The molecule has 0 radical (unpaired) electrons. The van der Waals surface area contributed by atoms with Crippen LogP contribution in [0.25, 0.3) is 0 Å². The van der Waals surface area contributed by atoms with E-state index in [1.165, 1.54) is 0 Å². The van der Waals surface area contributed by atoms with Crippen molar-refractivity contribution in [2.75, 3.05) is 0 Å². The summed E-state index contributed by atoms with van der Waals surface area (Å²) in [7, 11) is 0. The van der Waals surface area contributed by atoms with E-state index < -0.39 is 0 Å². The molecule has 15 heavy (non-hydrogen) atoms. The number of para-hydroxylation sites is 1. The molecular formula is C12H15IO2.